The average Bonchev–Trinajstić information content (AvgIpc) is 2.74. The molecule has 0 saturated carbocycles. The summed E-state index contributed by atoms with van der Waals surface area (Å²) in [5.74, 6) is -0.681. The monoisotopic (exact) mass is 359 g/mol. The number of nitrogens with zero attached hydrogens (tertiary/aromatic N) is 1. The van der Waals surface area contributed by atoms with Crippen LogP contribution in [0.25, 0.3) is 0 Å². The third kappa shape index (κ3) is 2.50. The summed E-state index contributed by atoms with van der Waals surface area (Å²) in [4.78, 5) is 25.0. The molecule has 1 heterocycles. The van der Waals surface area contributed by atoms with Gasteiger partial charge in [-0.15, -0.1) is 0 Å². The van der Waals surface area contributed by atoms with E-state index in [2.05, 4.69) is 22.6 Å². The van der Waals surface area contributed by atoms with Crippen molar-refractivity contribution in [3.8, 4) is 0 Å². The Kier molecular flexibility index (Phi) is 3.89. The number of benzene rings is 1. The molecule has 1 fully saturated rings. The van der Waals surface area contributed by atoms with E-state index in [4.69, 9.17) is 4.74 Å². The molecule has 0 bridgehead atoms. The first kappa shape index (κ1) is 13.3. The number of amides is 1. The zero-order valence-electron chi connectivity index (χ0n) is 10.3. The van der Waals surface area contributed by atoms with Crippen molar-refractivity contribution >= 4 is 40.2 Å². The maximum absolute atomic E-state index is 11.9. The Morgan fingerprint density at radius 2 is 2.22 bits per heavy atom. The van der Waals surface area contributed by atoms with E-state index < -0.39 is 0 Å². The molecule has 0 radical (unpaired) electrons. The van der Waals surface area contributed by atoms with Crippen LogP contribution in [0.1, 0.15) is 12.0 Å². The largest absolute Gasteiger partial charge is 0.469 e. The van der Waals surface area contributed by atoms with Gasteiger partial charge in [-0.3, -0.25) is 9.59 Å². The molecular weight excluding hydrogens is 345 g/mol. The number of ether oxygens (including phenoxy) is 1. The Hall–Kier alpha value is -1.11. The summed E-state index contributed by atoms with van der Waals surface area (Å²) in [6.45, 7) is 2.43. The van der Waals surface area contributed by atoms with Crippen LogP contribution in [0.2, 0.25) is 0 Å². The Labute approximate surface area is 119 Å². The molecule has 18 heavy (non-hydrogen) atoms. The van der Waals surface area contributed by atoms with Gasteiger partial charge in [-0.2, -0.15) is 0 Å². The molecule has 1 aromatic carbocycles. The van der Waals surface area contributed by atoms with Crippen LogP contribution in [0.3, 0.4) is 0 Å². The maximum atomic E-state index is 11.9. The minimum absolute atomic E-state index is 0.0231. The highest BCUT2D eigenvalue weighted by molar-refractivity contribution is 14.1. The number of aryl methyl sites for hydroxylation is 1. The third-order valence-electron chi connectivity index (χ3n) is 3.13. The van der Waals surface area contributed by atoms with Gasteiger partial charge in [-0.1, -0.05) is 6.07 Å². The molecule has 1 aliphatic rings. The highest BCUT2D eigenvalue weighted by atomic mass is 127. The lowest BCUT2D eigenvalue weighted by molar-refractivity contribution is -0.145. The first-order chi connectivity index (χ1) is 8.52. The molecule has 0 aliphatic carbocycles. The number of carbonyl (C=O) groups excluding carboxylic acids is 2. The lowest BCUT2D eigenvalue weighted by atomic mass is 10.1. The minimum atomic E-state index is -0.346. The molecule has 96 valence electrons. The lowest BCUT2D eigenvalue weighted by Crippen LogP contribution is -2.26. The quantitative estimate of drug-likeness (QED) is 0.601. The lowest BCUT2D eigenvalue weighted by Gasteiger charge is -2.17. The molecule has 4 nitrogen and oxygen atoms in total. The Bertz CT molecular complexity index is 501. The first-order valence-electron chi connectivity index (χ1n) is 5.67. The van der Waals surface area contributed by atoms with Crippen LogP contribution in [-0.4, -0.2) is 25.5 Å². The number of rotatable bonds is 2. The van der Waals surface area contributed by atoms with Crippen molar-refractivity contribution in [2.75, 3.05) is 18.6 Å². The third-order valence-corrected chi connectivity index (χ3v) is 4.29. The van der Waals surface area contributed by atoms with Crippen LogP contribution in [0.4, 0.5) is 5.69 Å². The van der Waals surface area contributed by atoms with E-state index >= 15 is 0 Å². The SMILES string of the molecule is COC(=O)C1CC(=O)N(c2ccc(C)c(I)c2)C1. The van der Waals surface area contributed by atoms with Crippen molar-refractivity contribution in [1.82, 2.24) is 0 Å². The first-order valence-corrected chi connectivity index (χ1v) is 6.75. The Morgan fingerprint density at radius 3 is 2.83 bits per heavy atom. The van der Waals surface area contributed by atoms with Gasteiger partial charge in [0, 0.05) is 22.2 Å². The van der Waals surface area contributed by atoms with Gasteiger partial charge in [0.15, 0.2) is 0 Å². The van der Waals surface area contributed by atoms with E-state index in [1.807, 2.05) is 25.1 Å². The zero-order chi connectivity index (χ0) is 13.3. The van der Waals surface area contributed by atoms with E-state index in [0.717, 1.165) is 9.26 Å². The van der Waals surface area contributed by atoms with Crippen molar-refractivity contribution in [1.29, 1.82) is 0 Å². The normalized spacial score (nSPS) is 19.2. The highest BCUT2D eigenvalue weighted by Gasteiger charge is 2.35. The van der Waals surface area contributed by atoms with Crippen molar-refractivity contribution in [2.24, 2.45) is 5.92 Å². The van der Waals surface area contributed by atoms with E-state index in [0.29, 0.717) is 6.54 Å². The summed E-state index contributed by atoms with van der Waals surface area (Å²) < 4.78 is 5.80. The Morgan fingerprint density at radius 1 is 1.50 bits per heavy atom. The summed E-state index contributed by atoms with van der Waals surface area (Å²) in [6.07, 6.45) is 0.233. The molecule has 0 aromatic heterocycles. The summed E-state index contributed by atoms with van der Waals surface area (Å²) in [5, 5.41) is 0. The second-order valence-corrected chi connectivity index (χ2v) is 5.52. The van der Waals surface area contributed by atoms with E-state index in [-0.39, 0.29) is 24.2 Å². The molecule has 2 rings (SSSR count). The van der Waals surface area contributed by atoms with Crippen molar-refractivity contribution in [2.45, 2.75) is 13.3 Å². The van der Waals surface area contributed by atoms with E-state index in [1.54, 1.807) is 4.90 Å². The zero-order valence-corrected chi connectivity index (χ0v) is 12.4. The summed E-state index contributed by atoms with van der Waals surface area (Å²) in [5.41, 5.74) is 2.02. The maximum Gasteiger partial charge on any atom is 0.311 e. The fourth-order valence-corrected chi connectivity index (χ4v) is 2.53. The van der Waals surface area contributed by atoms with Crippen LogP contribution in [0.15, 0.2) is 18.2 Å². The number of hydrogen-bond acceptors (Lipinski definition) is 3. The molecule has 1 unspecified atom stereocenters. The topological polar surface area (TPSA) is 46.6 Å². The molecule has 0 spiro atoms. The van der Waals surface area contributed by atoms with E-state index in [9.17, 15) is 9.59 Å². The second-order valence-electron chi connectivity index (χ2n) is 4.36. The van der Waals surface area contributed by atoms with Gasteiger partial charge in [0.25, 0.3) is 0 Å². The summed E-state index contributed by atoms with van der Waals surface area (Å²) in [6, 6.07) is 5.86. The number of carbonyl (C=O) groups is 2. The van der Waals surface area contributed by atoms with Gasteiger partial charge < -0.3 is 9.64 Å². The number of methoxy groups -OCH3 is 1. The van der Waals surface area contributed by atoms with Crippen LogP contribution < -0.4 is 4.90 Å². The van der Waals surface area contributed by atoms with Gasteiger partial charge in [0.1, 0.15) is 0 Å². The minimum Gasteiger partial charge on any atom is -0.469 e. The molecule has 1 amide bonds. The molecule has 5 heteroatoms. The molecule has 1 aromatic rings. The standard InChI is InChI=1S/C13H14INO3/c1-8-3-4-10(6-11(8)14)15-7-9(5-12(15)16)13(17)18-2/h3-4,6,9H,5,7H2,1-2H3. The number of anilines is 1. The number of halogens is 1. The molecule has 1 aliphatic heterocycles. The summed E-state index contributed by atoms with van der Waals surface area (Å²) >= 11 is 2.24. The van der Waals surface area contributed by atoms with E-state index in [1.165, 1.54) is 12.7 Å². The van der Waals surface area contributed by atoms with Crippen molar-refractivity contribution in [3.63, 3.8) is 0 Å². The second kappa shape index (κ2) is 5.26. The highest BCUT2D eigenvalue weighted by Crippen LogP contribution is 2.27. The number of esters is 1. The fourth-order valence-electron chi connectivity index (χ4n) is 2.03. The molecule has 0 N–H and O–H groups in total. The van der Waals surface area contributed by atoms with Gasteiger partial charge >= 0.3 is 5.97 Å². The predicted molar refractivity (Wildman–Crippen MR) is 76.4 cm³/mol. The van der Waals surface area contributed by atoms with Crippen molar-refractivity contribution in [3.05, 3.63) is 27.3 Å². The van der Waals surface area contributed by atoms with Crippen LogP contribution in [-0.2, 0) is 14.3 Å². The molecule has 1 atom stereocenters. The molecule has 1 saturated heterocycles. The summed E-state index contributed by atoms with van der Waals surface area (Å²) in [7, 11) is 1.35. The number of hydrogen-bond donors (Lipinski definition) is 0. The average molecular weight is 359 g/mol. The van der Waals surface area contributed by atoms with Crippen LogP contribution >= 0.6 is 22.6 Å². The smallest absolute Gasteiger partial charge is 0.311 e. The van der Waals surface area contributed by atoms with Gasteiger partial charge in [0.2, 0.25) is 5.91 Å². The predicted octanol–water partition coefficient (Wildman–Crippen LogP) is 2.13. The molecular formula is C13H14INO3. The van der Waals surface area contributed by atoms with Crippen LogP contribution in [0.5, 0.6) is 0 Å². The van der Waals surface area contributed by atoms with Gasteiger partial charge in [-0.25, -0.2) is 0 Å². The van der Waals surface area contributed by atoms with Gasteiger partial charge in [-0.05, 0) is 47.2 Å². The van der Waals surface area contributed by atoms with Crippen molar-refractivity contribution < 1.29 is 14.3 Å². The van der Waals surface area contributed by atoms with Crippen LogP contribution in [0, 0.1) is 16.4 Å². The Balaban J connectivity index is 2.21. The van der Waals surface area contributed by atoms with Gasteiger partial charge in [0.05, 0.1) is 13.0 Å². The fraction of sp³-hybridized carbons (Fsp3) is 0.385.